The van der Waals surface area contributed by atoms with Crippen LogP contribution in [0.4, 0.5) is 0 Å². The van der Waals surface area contributed by atoms with Gasteiger partial charge in [-0.25, -0.2) is 0 Å². The maximum atomic E-state index is 6.25. The normalized spacial score (nSPS) is 35.6. The number of hydrogen-bond acceptors (Lipinski definition) is 3. The summed E-state index contributed by atoms with van der Waals surface area (Å²) in [6, 6.07) is 0. The van der Waals surface area contributed by atoms with Crippen LogP contribution in [-0.4, -0.2) is 30.8 Å². The van der Waals surface area contributed by atoms with Gasteiger partial charge in [0, 0.05) is 18.7 Å². The van der Waals surface area contributed by atoms with Crippen LogP contribution in [0, 0.1) is 0 Å². The lowest BCUT2D eigenvalue weighted by molar-refractivity contribution is 0.168. The fourth-order valence-corrected chi connectivity index (χ4v) is 2.66. The molecular weight excluding hydrogens is 188 g/mol. The van der Waals surface area contributed by atoms with Crippen LogP contribution in [-0.2, 0) is 4.74 Å². The summed E-state index contributed by atoms with van der Waals surface area (Å²) in [6.07, 6.45) is 7.70. The first-order chi connectivity index (χ1) is 7.12. The molecule has 2 aliphatic rings. The Balaban J connectivity index is 1.80. The number of nitrogens with two attached hydrogens (primary N) is 1. The lowest BCUT2D eigenvalue weighted by atomic mass is 9.82. The van der Waals surface area contributed by atoms with Crippen LogP contribution in [0.15, 0.2) is 0 Å². The minimum atomic E-state index is -0.111. The second kappa shape index (κ2) is 4.40. The fraction of sp³-hybridized carbons (Fsp3) is 1.00. The van der Waals surface area contributed by atoms with Crippen molar-refractivity contribution in [1.29, 1.82) is 0 Å². The first kappa shape index (κ1) is 11.4. The lowest BCUT2D eigenvalue weighted by Crippen LogP contribution is -2.55. The van der Waals surface area contributed by atoms with Crippen LogP contribution < -0.4 is 11.1 Å². The van der Waals surface area contributed by atoms with Gasteiger partial charge >= 0.3 is 0 Å². The molecule has 0 bridgehead atoms. The molecular formula is C12H24N2O. The van der Waals surface area contributed by atoms with E-state index in [9.17, 15) is 0 Å². The van der Waals surface area contributed by atoms with E-state index in [0.717, 1.165) is 26.2 Å². The Labute approximate surface area is 92.7 Å². The van der Waals surface area contributed by atoms with Gasteiger partial charge in [0.05, 0.1) is 12.1 Å². The average molecular weight is 212 g/mol. The highest BCUT2D eigenvalue weighted by Crippen LogP contribution is 2.28. The van der Waals surface area contributed by atoms with E-state index in [2.05, 4.69) is 12.2 Å². The van der Waals surface area contributed by atoms with Gasteiger partial charge in [0.1, 0.15) is 0 Å². The van der Waals surface area contributed by atoms with Crippen molar-refractivity contribution in [2.45, 2.75) is 56.5 Å². The molecule has 2 rings (SSSR count). The quantitative estimate of drug-likeness (QED) is 0.743. The van der Waals surface area contributed by atoms with Crippen LogP contribution >= 0.6 is 0 Å². The third-order valence-corrected chi connectivity index (χ3v) is 3.96. The Bertz CT molecular complexity index is 206. The highest BCUT2D eigenvalue weighted by molar-refractivity contribution is 4.95. The summed E-state index contributed by atoms with van der Waals surface area (Å²) in [7, 11) is 0. The van der Waals surface area contributed by atoms with Crippen molar-refractivity contribution in [3.05, 3.63) is 0 Å². The molecule has 3 nitrogen and oxygen atoms in total. The van der Waals surface area contributed by atoms with E-state index in [0.29, 0.717) is 5.54 Å². The highest BCUT2D eigenvalue weighted by atomic mass is 16.5. The van der Waals surface area contributed by atoms with Crippen molar-refractivity contribution in [1.82, 2.24) is 5.32 Å². The third kappa shape index (κ3) is 2.92. The molecule has 15 heavy (non-hydrogen) atoms. The van der Waals surface area contributed by atoms with Gasteiger partial charge < -0.3 is 15.8 Å². The molecule has 2 fully saturated rings. The molecule has 3 N–H and O–H groups in total. The van der Waals surface area contributed by atoms with Gasteiger partial charge in [-0.3, -0.25) is 0 Å². The van der Waals surface area contributed by atoms with Gasteiger partial charge in [-0.15, -0.1) is 0 Å². The maximum absolute atomic E-state index is 6.25. The molecule has 1 aliphatic heterocycles. The second-order valence-electron chi connectivity index (χ2n) is 5.64. The van der Waals surface area contributed by atoms with E-state index in [1.807, 2.05) is 0 Å². The van der Waals surface area contributed by atoms with E-state index in [4.69, 9.17) is 10.5 Å². The van der Waals surface area contributed by atoms with Crippen molar-refractivity contribution in [2.24, 2.45) is 5.73 Å². The Morgan fingerprint density at radius 2 is 1.93 bits per heavy atom. The molecule has 3 heteroatoms. The van der Waals surface area contributed by atoms with Crippen molar-refractivity contribution in [3.8, 4) is 0 Å². The first-order valence-corrected chi connectivity index (χ1v) is 6.24. The van der Waals surface area contributed by atoms with Crippen molar-refractivity contribution in [3.63, 3.8) is 0 Å². The molecule has 0 spiro atoms. The standard InChI is InChI=1S/C12H24N2O/c1-11(5-3-2-4-6-11)14-9-12(13)7-8-15-10-12/h14H,2-10,13H2,1H3. The number of ether oxygens (including phenoxy) is 1. The van der Waals surface area contributed by atoms with E-state index in [-0.39, 0.29) is 5.54 Å². The molecule has 1 saturated carbocycles. The number of nitrogens with one attached hydrogen (secondary N) is 1. The average Bonchev–Trinajstić information content (AvgIpc) is 2.65. The molecule has 0 radical (unpaired) electrons. The van der Waals surface area contributed by atoms with Gasteiger partial charge in [0.25, 0.3) is 0 Å². The Kier molecular flexibility index (Phi) is 3.33. The summed E-state index contributed by atoms with van der Waals surface area (Å²) in [4.78, 5) is 0. The van der Waals surface area contributed by atoms with Gasteiger partial charge in [0.15, 0.2) is 0 Å². The third-order valence-electron chi connectivity index (χ3n) is 3.96. The Hall–Kier alpha value is -0.120. The van der Waals surface area contributed by atoms with Gasteiger partial charge in [-0.2, -0.15) is 0 Å². The van der Waals surface area contributed by atoms with Crippen LogP contribution in [0.2, 0.25) is 0 Å². The largest absolute Gasteiger partial charge is 0.379 e. The minimum Gasteiger partial charge on any atom is -0.379 e. The molecule has 1 saturated heterocycles. The topological polar surface area (TPSA) is 47.3 Å². The summed E-state index contributed by atoms with van der Waals surface area (Å²) in [6.45, 7) is 4.79. The molecule has 1 atom stereocenters. The van der Waals surface area contributed by atoms with Gasteiger partial charge in [-0.1, -0.05) is 19.3 Å². The van der Waals surface area contributed by atoms with Gasteiger partial charge in [-0.05, 0) is 26.2 Å². The smallest absolute Gasteiger partial charge is 0.0659 e. The molecule has 1 unspecified atom stereocenters. The SMILES string of the molecule is CC1(NCC2(N)CCOC2)CCCCC1. The predicted molar refractivity (Wildman–Crippen MR) is 61.8 cm³/mol. The Morgan fingerprint density at radius 3 is 2.53 bits per heavy atom. The predicted octanol–water partition coefficient (Wildman–Crippen LogP) is 1.42. The molecule has 1 aliphatic carbocycles. The van der Waals surface area contributed by atoms with Crippen molar-refractivity contribution < 1.29 is 4.74 Å². The van der Waals surface area contributed by atoms with E-state index < -0.39 is 0 Å². The first-order valence-electron chi connectivity index (χ1n) is 6.24. The zero-order valence-corrected chi connectivity index (χ0v) is 9.85. The number of hydrogen-bond donors (Lipinski definition) is 2. The molecule has 1 heterocycles. The van der Waals surface area contributed by atoms with Crippen LogP contribution in [0.5, 0.6) is 0 Å². The Morgan fingerprint density at radius 1 is 1.20 bits per heavy atom. The maximum Gasteiger partial charge on any atom is 0.0659 e. The van der Waals surface area contributed by atoms with Crippen molar-refractivity contribution >= 4 is 0 Å². The zero-order chi connectivity index (χ0) is 10.8. The van der Waals surface area contributed by atoms with E-state index in [1.165, 1.54) is 32.1 Å². The van der Waals surface area contributed by atoms with Crippen LogP contribution in [0.1, 0.15) is 45.4 Å². The molecule has 0 amide bonds. The molecule has 0 aromatic heterocycles. The van der Waals surface area contributed by atoms with Gasteiger partial charge in [0.2, 0.25) is 0 Å². The summed E-state index contributed by atoms with van der Waals surface area (Å²) >= 11 is 0. The van der Waals surface area contributed by atoms with Crippen LogP contribution in [0.25, 0.3) is 0 Å². The summed E-state index contributed by atoms with van der Waals surface area (Å²) in [5.74, 6) is 0. The van der Waals surface area contributed by atoms with E-state index in [1.54, 1.807) is 0 Å². The monoisotopic (exact) mass is 212 g/mol. The second-order valence-corrected chi connectivity index (χ2v) is 5.64. The fourth-order valence-electron chi connectivity index (χ4n) is 2.66. The van der Waals surface area contributed by atoms with Crippen LogP contribution in [0.3, 0.4) is 0 Å². The summed E-state index contributed by atoms with van der Waals surface area (Å²) < 4.78 is 5.37. The van der Waals surface area contributed by atoms with Crippen molar-refractivity contribution in [2.75, 3.05) is 19.8 Å². The summed E-state index contributed by atoms with van der Waals surface area (Å²) in [5, 5.41) is 3.68. The molecule has 88 valence electrons. The summed E-state index contributed by atoms with van der Waals surface area (Å²) in [5.41, 5.74) is 6.46. The highest BCUT2D eigenvalue weighted by Gasteiger charge is 2.34. The van der Waals surface area contributed by atoms with E-state index >= 15 is 0 Å². The minimum absolute atomic E-state index is 0.111. The number of rotatable bonds is 3. The zero-order valence-electron chi connectivity index (χ0n) is 9.85. The molecule has 0 aromatic carbocycles. The molecule has 0 aromatic rings. The lowest BCUT2D eigenvalue weighted by Gasteiger charge is -2.37.